The van der Waals surface area contributed by atoms with Crippen LogP contribution in [0.2, 0.25) is 0 Å². The van der Waals surface area contributed by atoms with E-state index in [1.54, 1.807) is 12.1 Å². The number of fused-ring (bicyclic) bond motifs is 1. The molecular weight excluding hydrogens is 254 g/mol. The lowest BCUT2D eigenvalue weighted by atomic mass is 9.82. The fourth-order valence-corrected chi connectivity index (χ4v) is 2.50. The molecule has 0 unspecified atom stereocenters. The molecule has 0 aliphatic carbocycles. The summed E-state index contributed by atoms with van der Waals surface area (Å²) in [6.07, 6.45) is 0.759. The maximum Gasteiger partial charge on any atom is 0.235 e. The van der Waals surface area contributed by atoms with Crippen LogP contribution < -0.4 is 5.32 Å². The summed E-state index contributed by atoms with van der Waals surface area (Å²) >= 11 is 0. The minimum Gasteiger partial charge on any atom is -0.507 e. The number of anilines is 1. The Morgan fingerprint density at radius 3 is 2.60 bits per heavy atom. The predicted molar refractivity (Wildman–Crippen MR) is 77.8 cm³/mol. The average molecular weight is 271 g/mol. The zero-order chi connectivity index (χ0) is 14.2. The van der Waals surface area contributed by atoms with E-state index in [-0.39, 0.29) is 11.7 Å². The summed E-state index contributed by atoms with van der Waals surface area (Å²) in [5.74, 6) is 0.206. The second-order valence-corrected chi connectivity index (χ2v) is 5.26. The van der Waals surface area contributed by atoms with Crippen LogP contribution in [-0.4, -0.2) is 24.2 Å². The van der Waals surface area contributed by atoms with Gasteiger partial charge in [0.25, 0.3) is 0 Å². The normalized spacial score (nSPS) is 16.6. The third-order valence-electron chi connectivity index (χ3n) is 4.06. The lowest BCUT2D eigenvalue weighted by Crippen LogP contribution is -2.51. The second-order valence-electron chi connectivity index (χ2n) is 5.26. The van der Waals surface area contributed by atoms with Crippen LogP contribution in [0.25, 0.3) is 10.8 Å². The van der Waals surface area contributed by atoms with Gasteiger partial charge in [0.05, 0.1) is 18.6 Å². The molecule has 20 heavy (non-hydrogen) atoms. The average Bonchev–Trinajstić information content (AvgIpc) is 2.39. The monoisotopic (exact) mass is 271 g/mol. The SMILES string of the molecule is CCC1(C(=O)Nc2cccc3c(O)cccc23)COC1. The Labute approximate surface area is 117 Å². The van der Waals surface area contributed by atoms with E-state index in [1.807, 2.05) is 31.2 Å². The lowest BCUT2D eigenvalue weighted by molar-refractivity contribution is -0.156. The van der Waals surface area contributed by atoms with E-state index in [0.29, 0.717) is 13.2 Å². The van der Waals surface area contributed by atoms with Gasteiger partial charge in [-0.25, -0.2) is 0 Å². The van der Waals surface area contributed by atoms with Crippen LogP contribution in [0.5, 0.6) is 5.75 Å². The topological polar surface area (TPSA) is 58.6 Å². The predicted octanol–water partition coefficient (Wildman–Crippen LogP) is 2.91. The quantitative estimate of drug-likeness (QED) is 0.902. The summed E-state index contributed by atoms with van der Waals surface area (Å²) in [5.41, 5.74) is 0.321. The molecular formula is C16H17NO3. The number of carbonyl (C=O) groups is 1. The van der Waals surface area contributed by atoms with Crippen LogP contribution >= 0.6 is 0 Å². The number of ether oxygens (including phenoxy) is 1. The molecule has 2 aromatic carbocycles. The van der Waals surface area contributed by atoms with Crippen molar-refractivity contribution < 1.29 is 14.6 Å². The minimum absolute atomic E-state index is 0.0120. The van der Waals surface area contributed by atoms with Gasteiger partial charge in [-0.2, -0.15) is 0 Å². The van der Waals surface area contributed by atoms with Crippen molar-refractivity contribution in [2.45, 2.75) is 13.3 Å². The Bertz CT molecular complexity index is 656. The molecule has 4 heteroatoms. The van der Waals surface area contributed by atoms with E-state index in [4.69, 9.17) is 4.74 Å². The molecule has 0 radical (unpaired) electrons. The van der Waals surface area contributed by atoms with Crippen molar-refractivity contribution >= 4 is 22.4 Å². The zero-order valence-electron chi connectivity index (χ0n) is 11.3. The van der Waals surface area contributed by atoms with Crippen LogP contribution in [-0.2, 0) is 9.53 Å². The van der Waals surface area contributed by atoms with E-state index in [9.17, 15) is 9.90 Å². The molecule has 104 valence electrons. The molecule has 1 heterocycles. The highest BCUT2D eigenvalue weighted by Gasteiger charge is 2.44. The Morgan fingerprint density at radius 1 is 1.25 bits per heavy atom. The highest BCUT2D eigenvalue weighted by molar-refractivity contribution is 6.05. The summed E-state index contributed by atoms with van der Waals surface area (Å²) in [6, 6.07) is 10.8. The molecule has 0 atom stereocenters. The third-order valence-corrected chi connectivity index (χ3v) is 4.06. The van der Waals surface area contributed by atoms with Gasteiger partial charge in [-0.15, -0.1) is 0 Å². The third kappa shape index (κ3) is 1.93. The van der Waals surface area contributed by atoms with Crippen LogP contribution in [0.4, 0.5) is 5.69 Å². The van der Waals surface area contributed by atoms with Crippen molar-refractivity contribution in [1.29, 1.82) is 0 Å². The largest absolute Gasteiger partial charge is 0.507 e. The van der Waals surface area contributed by atoms with Crippen LogP contribution in [0, 0.1) is 5.41 Å². The first-order chi connectivity index (χ1) is 9.66. The standard InChI is InChI=1S/C16H17NO3/c1-2-16(9-20-10-16)15(19)17-13-7-3-6-12-11(13)5-4-8-14(12)18/h3-8,18H,2,9-10H2,1H3,(H,17,19). The summed E-state index contributed by atoms with van der Waals surface area (Å²) < 4.78 is 5.19. The van der Waals surface area contributed by atoms with Crippen molar-refractivity contribution in [3.63, 3.8) is 0 Å². The van der Waals surface area contributed by atoms with Gasteiger partial charge >= 0.3 is 0 Å². The van der Waals surface area contributed by atoms with E-state index >= 15 is 0 Å². The van der Waals surface area contributed by atoms with Crippen LogP contribution in [0.3, 0.4) is 0 Å². The fraction of sp³-hybridized carbons (Fsp3) is 0.312. The minimum atomic E-state index is -0.404. The smallest absolute Gasteiger partial charge is 0.235 e. The second kappa shape index (κ2) is 4.80. The van der Waals surface area contributed by atoms with Crippen LogP contribution in [0.1, 0.15) is 13.3 Å². The number of hydrogen-bond donors (Lipinski definition) is 2. The maximum atomic E-state index is 12.4. The summed E-state index contributed by atoms with van der Waals surface area (Å²) in [4.78, 5) is 12.4. The molecule has 1 aliphatic rings. The Morgan fingerprint density at radius 2 is 1.95 bits per heavy atom. The molecule has 1 fully saturated rings. The van der Waals surface area contributed by atoms with Gasteiger partial charge in [-0.1, -0.05) is 31.2 Å². The maximum absolute atomic E-state index is 12.4. The first-order valence-corrected chi connectivity index (χ1v) is 6.76. The van der Waals surface area contributed by atoms with E-state index < -0.39 is 5.41 Å². The number of phenolic OH excluding ortho intramolecular Hbond substituents is 1. The molecule has 4 nitrogen and oxygen atoms in total. The zero-order valence-corrected chi connectivity index (χ0v) is 11.3. The van der Waals surface area contributed by atoms with E-state index in [0.717, 1.165) is 22.9 Å². The molecule has 1 saturated heterocycles. The molecule has 1 aliphatic heterocycles. The number of nitrogens with one attached hydrogen (secondary N) is 1. The van der Waals surface area contributed by atoms with Crippen molar-refractivity contribution in [1.82, 2.24) is 0 Å². The number of amides is 1. The molecule has 2 aromatic rings. The number of carbonyl (C=O) groups excluding carboxylic acids is 1. The van der Waals surface area contributed by atoms with Gasteiger partial charge in [0.2, 0.25) is 5.91 Å². The molecule has 0 bridgehead atoms. The van der Waals surface area contributed by atoms with Gasteiger partial charge in [-0.3, -0.25) is 4.79 Å². The number of benzene rings is 2. The van der Waals surface area contributed by atoms with Gasteiger partial charge in [0, 0.05) is 16.5 Å². The number of phenols is 1. The van der Waals surface area contributed by atoms with E-state index in [2.05, 4.69) is 5.32 Å². The fourth-order valence-electron chi connectivity index (χ4n) is 2.50. The molecule has 0 spiro atoms. The van der Waals surface area contributed by atoms with Gasteiger partial charge in [0.1, 0.15) is 5.75 Å². The summed E-state index contributed by atoms with van der Waals surface area (Å²) in [6.45, 7) is 2.95. The molecule has 0 saturated carbocycles. The molecule has 3 rings (SSSR count). The van der Waals surface area contributed by atoms with E-state index in [1.165, 1.54) is 0 Å². The van der Waals surface area contributed by atoms with Crippen molar-refractivity contribution in [2.75, 3.05) is 18.5 Å². The summed E-state index contributed by atoms with van der Waals surface area (Å²) in [7, 11) is 0. The molecule has 0 aromatic heterocycles. The van der Waals surface area contributed by atoms with Crippen molar-refractivity contribution in [3.05, 3.63) is 36.4 Å². The van der Waals surface area contributed by atoms with Gasteiger partial charge < -0.3 is 15.2 Å². The lowest BCUT2D eigenvalue weighted by Gasteiger charge is -2.39. The van der Waals surface area contributed by atoms with Crippen molar-refractivity contribution in [3.8, 4) is 5.75 Å². The highest BCUT2D eigenvalue weighted by atomic mass is 16.5. The van der Waals surface area contributed by atoms with Gasteiger partial charge in [-0.05, 0) is 18.6 Å². The molecule has 2 N–H and O–H groups in total. The number of hydrogen-bond acceptors (Lipinski definition) is 3. The number of aromatic hydroxyl groups is 1. The Kier molecular flexibility index (Phi) is 3.10. The Hall–Kier alpha value is -2.07. The van der Waals surface area contributed by atoms with Gasteiger partial charge in [0.15, 0.2) is 0 Å². The van der Waals surface area contributed by atoms with Crippen molar-refractivity contribution in [2.24, 2.45) is 5.41 Å². The number of rotatable bonds is 3. The highest BCUT2D eigenvalue weighted by Crippen LogP contribution is 2.35. The van der Waals surface area contributed by atoms with Crippen LogP contribution in [0.15, 0.2) is 36.4 Å². The summed E-state index contributed by atoms with van der Waals surface area (Å²) in [5, 5.41) is 14.4. The molecule has 1 amide bonds. The first-order valence-electron chi connectivity index (χ1n) is 6.76. The first kappa shape index (κ1) is 12.9. The Balaban J connectivity index is 1.95.